The highest BCUT2D eigenvalue weighted by atomic mass is 19.1. The third-order valence-corrected chi connectivity index (χ3v) is 3.49. The second-order valence-electron chi connectivity index (χ2n) is 5.04. The van der Waals surface area contributed by atoms with Crippen LogP contribution in [-0.2, 0) is 13.5 Å². The van der Waals surface area contributed by atoms with Crippen molar-refractivity contribution >= 4 is 11.6 Å². The summed E-state index contributed by atoms with van der Waals surface area (Å²) in [6.45, 7) is 4.36. The van der Waals surface area contributed by atoms with E-state index in [1.54, 1.807) is 0 Å². The molecule has 3 N–H and O–H groups in total. The summed E-state index contributed by atoms with van der Waals surface area (Å²) in [5, 5.41) is 6.89. The molecule has 0 aliphatic rings. The number of hydrogen-bond donors (Lipinski definition) is 2. The van der Waals surface area contributed by atoms with Gasteiger partial charge >= 0.3 is 0 Å². The smallest absolute Gasteiger partial charge is 0.193 e. The zero-order valence-electron chi connectivity index (χ0n) is 12.8. The van der Waals surface area contributed by atoms with Gasteiger partial charge in [0.1, 0.15) is 11.6 Å². The molecule has 2 rings (SSSR count). The number of guanidine groups is 1. The maximum atomic E-state index is 13.5. The number of aryl methyl sites for hydroxylation is 2. The van der Waals surface area contributed by atoms with Crippen molar-refractivity contribution in [2.45, 2.75) is 20.3 Å². The fourth-order valence-electron chi connectivity index (χ4n) is 2.24. The molecule has 0 aliphatic carbocycles. The number of aliphatic imine (C=N–C) groups is 1. The van der Waals surface area contributed by atoms with E-state index in [1.807, 2.05) is 25.6 Å². The summed E-state index contributed by atoms with van der Waals surface area (Å²) in [7, 11) is 1.89. The van der Waals surface area contributed by atoms with Crippen molar-refractivity contribution in [3.63, 3.8) is 0 Å². The third-order valence-electron chi connectivity index (χ3n) is 3.49. The number of anilines is 1. The summed E-state index contributed by atoms with van der Waals surface area (Å²) in [6.07, 6.45) is 0.680. The fourth-order valence-corrected chi connectivity index (χ4v) is 2.24. The lowest BCUT2D eigenvalue weighted by Crippen LogP contribution is -2.23. The van der Waals surface area contributed by atoms with E-state index in [9.17, 15) is 8.78 Å². The molecule has 5 nitrogen and oxygen atoms in total. The van der Waals surface area contributed by atoms with E-state index in [0.29, 0.717) is 13.0 Å². The van der Waals surface area contributed by atoms with Crippen LogP contribution >= 0.6 is 0 Å². The number of halogens is 2. The standard InChI is InChI=1S/C15H19F2N5/c1-9-12(10(2)22(3)21-9)6-7-19-15(18)20-14-8-11(16)4-5-13(14)17/h4-5,8H,6-7H2,1-3H3,(H3,18,19,20). The summed E-state index contributed by atoms with van der Waals surface area (Å²) >= 11 is 0. The molecule has 0 aliphatic heterocycles. The van der Waals surface area contributed by atoms with Crippen LogP contribution < -0.4 is 11.1 Å². The maximum absolute atomic E-state index is 13.5. The molecule has 1 aromatic carbocycles. The van der Waals surface area contributed by atoms with Crippen molar-refractivity contribution < 1.29 is 8.78 Å². The first-order chi connectivity index (χ1) is 10.4. The van der Waals surface area contributed by atoms with Gasteiger partial charge < -0.3 is 11.1 Å². The van der Waals surface area contributed by atoms with Gasteiger partial charge in [-0.3, -0.25) is 9.67 Å². The minimum Gasteiger partial charge on any atom is -0.370 e. The quantitative estimate of drug-likeness (QED) is 0.672. The number of benzene rings is 1. The Morgan fingerprint density at radius 3 is 2.73 bits per heavy atom. The molecule has 1 aromatic heterocycles. The first-order valence-electron chi connectivity index (χ1n) is 6.89. The van der Waals surface area contributed by atoms with Crippen LogP contribution in [0.5, 0.6) is 0 Å². The number of nitrogens with two attached hydrogens (primary N) is 1. The van der Waals surface area contributed by atoms with Crippen LogP contribution in [0, 0.1) is 25.5 Å². The zero-order valence-corrected chi connectivity index (χ0v) is 12.8. The first-order valence-corrected chi connectivity index (χ1v) is 6.89. The second kappa shape index (κ2) is 6.55. The fraction of sp³-hybridized carbons (Fsp3) is 0.333. The van der Waals surface area contributed by atoms with E-state index in [4.69, 9.17) is 5.73 Å². The molecule has 0 unspecified atom stereocenters. The molecule has 0 radical (unpaired) electrons. The largest absolute Gasteiger partial charge is 0.370 e. The molecule has 22 heavy (non-hydrogen) atoms. The average molecular weight is 307 g/mol. The van der Waals surface area contributed by atoms with Crippen LogP contribution in [0.1, 0.15) is 17.0 Å². The monoisotopic (exact) mass is 307 g/mol. The number of rotatable bonds is 4. The third kappa shape index (κ3) is 3.60. The van der Waals surface area contributed by atoms with Crippen molar-refractivity contribution in [2.75, 3.05) is 11.9 Å². The predicted molar refractivity (Wildman–Crippen MR) is 82.9 cm³/mol. The summed E-state index contributed by atoms with van der Waals surface area (Å²) < 4.78 is 28.4. The Labute approximate surface area is 127 Å². The van der Waals surface area contributed by atoms with Crippen molar-refractivity contribution in [1.82, 2.24) is 9.78 Å². The van der Waals surface area contributed by atoms with Gasteiger partial charge in [-0.1, -0.05) is 0 Å². The van der Waals surface area contributed by atoms with Crippen molar-refractivity contribution in [3.05, 3.63) is 46.8 Å². The van der Waals surface area contributed by atoms with E-state index in [-0.39, 0.29) is 11.6 Å². The number of hydrogen-bond acceptors (Lipinski definition) is 2. The van der Waals surface area contributed by atoms with Gasteiger partial charge in [0.2, 0.25) is 0 Å². The topological polar surface area (TPSA) is 68.2 Å². The van der Waals surface area contributed by atoms with Crippen LogP contribution in [0.4, 0.5) is 14.5 Å². The molecule has 0 spiro atoms. The summed E-state index contributed by atoms with van der Waals surface area (Å²) in [5.74, 6) is -1.08. The van der Waals surface area contributed by atoms with Gasteiger partial charge in [0.25, 0.3) is 0 Å². The van der Waals surface area contributed by atoms with Gasteiger partial charge in [-0.25, -0.2) is 8.78 Å². The SMILES string of the molecule is Cc1nn(C)c(C)c1CCN=C(N)Nc1cc(F)ccc1F. The number of nitrogens with one attached hydrogen (secondary N) is 1. The summed E-state index contributed by atoms with van der Waals surface area (Å²) in [4.78, 5) is 4.13. The van der Waals surface area contributed by atoms with Crippen LogP contribution in [0.15, 0.2) is 23.2 Å². The highest BCUT2D eigenvalue weighted by Crippen LogP contribution is 2.15. The number of nitrogens with zero attached hydrogens (tertiary/aromatic N) is 3. The van der Waals surface area contributed by atoms with Crippen molar-refractivity contribution in [2.24, 2.45) is 17.8 Å². The minimum absolute atomic E-state index is 0.0324. The molecule has 118 valence electrons. The molecular formula is C15H19F2N5. The molecule has 1 heterocycles. The van der Waals surface area contributed by atoms with Crippen LogP contribution in [0.25, 0.3) is 0 Å². The average Bonchev–Trinajstić information content (AvgIpc) is 2.69. The zero-order chi connectivity index (χ0) is 16.3. The van der Waals surface area contributed by atoms with E-state index in [1.165, 1.54) is 0 Å². The molecule has 0 saturated heterocycles. The molecule has 0 amide bonds. The lowest BCUT2D eigenvalue weighted by molar-refractivity contribution is 0.604. The molecule has 0 bridgehead atoms. The minimum atomic E-state index is -0.585. The van der Waals surface area contributed by atoms with E-state index >= 15 is 0 Å². The van der Waals surface area contributed by atoms with Gasteiger partial charge in [-0.2, -0.15) is 5.10 Å². The normalized spacial score (nSPS) is 11.8. The Balaban J connectivity index is 2.00. The lowest BCUT2D eigenvalue weighted by Gasteiger charge is -2.07. The van der Waals surface area contributed by atoms with E-state index in [0.717, 1.165) is 35.2 Å². The van der Waals surface area contributed by atoms with Crippen LogP contribution in [0.2, 0.25) is 0 Å². The molecule has 0 saturated carbocycles. The molecule has 2 aromatic rings. The summed E-state index contributed by atoms with van der Waals surface area (Å²) in [5.41, 5.74) is 8.82. The molecule has 0 atom stereocenters. The van der Waals surface area contributed by atoms with Crippen molar-refractivity contribution in [3.8, 4) is 0 Å². The van der Waals surface area contributed by atoms with Gasteiger partial charge in [-0.15, -0.1) is 0 Å². The highest BCUT2D eigenvalue weighted by molar-refractivity contribution is 5.92. The Morgan fingerprint density at radius 2 is 2.09 bits per heavy atom. The molecular weight excluding hydrogens is 288 g/mol. The first kappa shape index (κ1) is 15.9. The van der Waals surface area contributed by atoms with Gasteiger partial charge in [0, 0.05) is 25.4 Å². The predicted octanol–water partition coefficient (Wildman–Crippen LogP) is 2.28. The van der Waals surface area contributed by atoms with Gasteiger partial charge in [0.15, 0.2) is 5.96 Å². The molecule has 7 heteroatoms. The summed E-state index contributed by atoms with van der Waals surface area (Å²) in [6, 6.07) is 3.11. The Morgan fingerprint density at radius 1 is 1.36 bits per heavy atom. The Bertz CT molecular complexity index is 706. The van der Waals surface area contributed by atoms with Crippen LogP contribution in [-0.4, -0.2) is 22.3 Å². The lowest BCUT2D eigenvalue weighted by atomic mass is 10.1. The second-order valence-corrected chi connectivity index (χ2v) is 5.04. The Hall–Kier alpha value is -2.44. The van der Waals surface area contributed by atoms with Crippen LogP contribution in [0.3, 0.4) is 0 Å². The van der Waals surface area contributed by atoms with E-state index in [2.05, 4.69) is 15.4 Å². The highest BCUT2D eigenvalue weighted by Gasteiger charge is 2.09. The van der Waals surface area contributed by atoms with Gasteiger partial charge in [-0.05, 0) is 38.0 Å². The maximum Gasteiger partial charge on any atom is 0.193 e. The van der Waals surface area contributed by atoms with Crippen molar-refractivity contribution in [1.29, 1.82) is 0 Å². The van der Waals surface area contributed by atoms with Gasteiger partial charge in [0.05, 0.1) is 11.4 Å². The van der Waals surface area contributed by atoms with E-state index < -0.39 is 11.6 Å². The number of aromatic nitrogens is 2. The Kier molecular flexibility index (Phi) is 4.75. The molecule has 0 fully saturated rings.